The third-order valence-corrected chi connectivity index (χ3v) is 2.85. The van der Waals surface area contributed by atoms with Gasteiger partial charge in [-0.3, -0.25) is 14.8 Å². The fraction of sp³-hybridized carbons (Fsp3) is 0.312. The van der Waals surface area contributed by atoms with Gasteiger partial charge in [0.2, 0.25) is 11.8 Å². The smallest absolute Gasteiger partial charge is 0.243 e. The average molecular weight is 319 g/mol. The third kappa shape index (κ3) is 7.77. The fourth-order valence-electron chi connectivity index (χ4n) is 1.72. The van der Waals surface area contributed by atoms with Crippen LogP contribution in [0.5, 0.6) is 5.75 Å². The molecule has 0 saturated heterocycles. The van der Waals surface area contributed by atoms with Crippen LogP contribution in [0.15, 0.2) is 42.0 Å². The number of hydroxylamine groups is 1. The molecule has 0 fully saturated rings. The first-order valence-corrected chi connectivity index (χ1v) is 7.25. The van der Waals surface area contributed by atoms with Crippen molar-refractivity contribution in [2.24, 2.45) is 5.10 Å². The second-order valence-electron chi connectivity index (χ2n) is 4.67. The number of rotatable bonds is 10. The Kier molecular flexibility index (Phi) is 8.77. The Balaban J connectivity index is 2.36. The van der Waals surface area contributed by atoms with Crippen molar-refractivity contribution in [2.75, 3.05) is 6.61 Å². The number of nitrogens with one attached hydrogen (secondary N) is 2. The lowest BCUT2D eigenvalue weighted by atomic mass is 10.2. The zero-order valence-electron chi connectivity index (χ0n) is 12.8. The van der Waals surface area contributed by atoms with E-state index in [-0.39, 0.29) is 18.7 Å². The van der Waals surface area contributed by atoms with Crippen LogP contribution in [0, 0.1) is 0 Å². The molecule has 3 N–H and O–H groups in total. The Bertz CT molecular complexity index is 558. The van der Waals surface area contributed by atoms with Crippen molar-refractivity contribution in [3.8, 4) is 5.75 Å². The van der Waals surface area contributed by atoms with Crippen LogP contribution < -0.4 is 15.6 Å². The highest BCUT2D eigenvalue weighted by molar-refractivity contribution is 5.85. The topological polar surface area (TPSA) is 100 Å². The van der Waals surface area contributed by atoms with Gasteiger partial charge in [-0.15, -0.1) is 0 Å². The highest BCUT2D eigenvalue weighted by atomic mass is 16.5. The van der Waals surface area contributed by atoms with E-state index in [1.54, 1.807) is 17.6 Å². The molecule has 2 amide bonds. The van der Waals surface area contributed by atoms with E-state index in [2.05, 4.69) is 17.1 Å². The average Bonchev–Trinajstić information content (AvgIpc) is 2.57. The van der Waals surface area contributed by atoms with E-state index in [9.17, 15) is 9.59 Å². The second kappa shape index (κ2) is 11.0. The number of benzene rings is 1. The molecule has 0 spiro atoms. The van der Waals surface area contributed by atoms with Gasteiger partial charge in [0.05, 0.1) is 6.21 Å². The van der Waals surface area contributed by atoms with Crippen molar-refractivity contribution in [1.29, 1.82) is 0 Å². The predicted octanol–water partition coefficient (Wildman–Crippen LogP) is 1.77. The van der Waals surface area contributed by atoms with Crippen LogP contribution in [0.4, 0.5) is 0 Å². The lowest BCUT2D eigenvalue weighted by Crippen LogP contribution is -2.19. The molecule has 7 nitrogen and oxygen atoms in total. The quantitative estimate of drug-likeness (QED) is 0.201. The molecule has 1 aromatic rings. The van der Waals surface area contributed by atoms with E-state index in [1.165, 1.54) is 6.21 Å². The Hall–Kier alpha value is -2.67. The zero-order valence-corrected chi connectivity index (χ0v) is 12.8. The van der Waals surface area contributed by atoms with Gasteiger partial charge >= 0.3 is 0 Å². The Morgan fingerprint density at radius 2 is 1.91 bits per heavy atom. The van der Waals surface area contributed by atoms with Gasteiger partial charge in [0.1, 0.15) is 12.4 Å². The number of nitrogens with zero attached hydrogens (tertiary/aromatic N) is 1. The number of hydrogen-bond acceptors (Lipinski definition) is 5. The molecular formula is C16H21N3O4. The van der Waals surface area contributed by atoms with Gasteiger partial charge in [-0.2, -0.15) is 5.10 Å². The van der Waals surface area contributed by atoms with E-state index in [4.69, 9.17) is 9.94 Å². The van der Waals surface area contributed by atoms with Crippen molar-refractivity contribution >= 4 is 18.0 Å². The minimum Gasteiger partial charge on any atom is -0.489 e. The molecule has 23 heavy (non-hydrogen) atoms. The maximum Gasteiger partial charge on any atom is 0.243 e. The Labute approximate surface area is 135 Å². The molecule has 0 saturated carbocycles. The van der Waals surface area contributed by atoms with Gasteiger partial charge in [0.25, 0.3) is 0 Å². The Morgan fingerprint density at radius 3 is 2.61 bits per heavy atom. The molecule has 0 aromatic heterocycles. The van der Waals surface area contributed by atoms with Crippen molar-refractivity contribution in [3.05, 3.63) is 42.5 Å². The molecule has 0 radical (unpaired) electrons. The lowest BCUT2D eigenvalue weighted by Gasteiger charge is -2.06. The summed E-state index contributed by atoms with van der Waals surface area (Å²) in [6, 6.07) is 7.31. The van der Waals surface area contributed by atoms with Crippen molar-refractivity contribution in [2.45, 2.75) is 25.7 Å². The predicted molar refractivity (Wildman–Crippen MR) is 86.3 cm³/mol. The molecule has 124 valence electrons. The summed E-state index contributed by atoms with van der Waals surface area (Å²) in [5, 5.41) is 12.2. The number of ether oxygens (including phenoxy) is 1. The van der Waals surface area contributed by atoms with E-state index >= 15 is 0 Å². The van der Waals surface area contributed by atoms with Gasteiger partial charge in [-0.05, 0) is 25.0 Å². The summed E-state index contributed by atoms with van der Waals surface area (Å²) >= 11 is 0. The first-order chi connectivity index (χ1) is 11.2. The summed E-state index contributed by atoms with van der Waals surface area (Å²) < 4.78 is 5.48. The fourth-order valence-corrected chi connectivity index (χ4v) is 1.72. The molecule has 1 rings (SSSR count). The number of amides is 2. The molecule has 1 aromatic carbocycles. The van der Waals surface area contributed by atoms with Gasteiger partial charge in [0, 0.05) is 18.4 Å². The number of unbranched alkanes of at least 4 members (excludes halogenated alkanes) is 1. The second-order valence-corrected chi connectivity index (χ2v) is 4.67. The summed E-state index contributed by atoms with van der Waals surface area (Å²) in [5.74, 6) is -0.0462. The molecule has 0 atom stereocenters. The van der Waals surface area contributed by atoms with Crippen LogP contribution in [-0.4, -0.2) is 29.8 Å². The van der Waals surface area contributed by atoms with Gasteiger partial charge in [0.15, 0.2) is 0 Å². The molecule has 7 heteroatoms. The van der Waals surface area contributed by atoms with Crippen LogP contribution >= 0.6 is 0 Å². The number of carbonyl (C=O) groups is 2. The highest BCUT2D eigenvalue weighted by Crippen LogP contribution is 2.15. The molecule has 0 aliphatic carbocycles. The number of para-hydroxylation sites is 1. The molecule has 0 unspecified atom stereocenters. The SMILES string of the molecule is C=CCOc1ccccc1/C=N/NC(=O)CCCCC(=O)NO. The zero-order chi connectivity index (χ0) is 16.9. The van der Waals surface area contributed by atoms with Gasteiger partial charge in [-0.1, -0.05) is 24.8 Å². The van der Waals surface area contributed by atoms with Gasteiger partial charge in [-0.25, -0.2) is 10.9 Å². The number of carbonyl (C=O) groups excluding carboxylic acids is 2. The first-order valence-electron chi connectivity index (χ1n) is 7.25. The largest absolute Gasteiger partial charge is 0.489 e. The van der Waals surface area contributed by atoms with Crippen molar-refractivity contribution in [1.82, 2.24) is 10.9 Å². The van der Waals surface area contributed by atoms with Gasteiger partial charge < -0.3 is 4.74 Å². The monoisotopic (exact) mass is 319 g/mol. The van der Waals surface area contributed by atoms with Crippen molar-refractivity contribution < 1.29 is 19.5 Å². The molecule has 0 aliphatic heterocycles. The first kappa shape index (κ1) is 18.4. The van der Waals surface area contributed by atoms with Crippen molar-refractivity contribution in [3.63, 3.8) is 0 Å². The number of hydrogen-bond donors (Lipinski definition) is 3. The third-order valence-electron chi connectivity index (χ3n) is 2.85. The Morgan fingerprint density at radius 1 is 1.22 bits per heavy atom. The highest BCUT2D eigenvalue weighted by Gasteiger charge is 2.03. The van der Waals surface area contributed by atoms with Crippen LogP contribution in [0.2, 0.25) is 0 Å². The summed E-state index contributed by atoms with van der Waals surface area (Å²) in [7, 11) is 0. The maximum atomic E-state index is 11.6. The van der Waals surface area contributed by atoms with E-state index in [0.717, 1.165) is 5.56 Å². The molecule has 0 aliphatic rings. The summed E-state index contributed by atoms with van der Waals surface area (Å²) in [6.07, 6.45) is 4.64. The standard InChI is InChI=1S/C16H21N3O4/c1-2-11-23-14-8-4-3-7-13(14)12-17-18-15(20)9-5-6-10-16(21)19-22/h2-4,7-8,12,22H,1,5-6,9-11H2,(H,18,20)(H,19,21)/b17-12+. The molecule has 0 bridgehead atoms. The van der Waals surface area contributed by atoms with Crippen LogP contribution in [0.3, 0.4) is 0 Å². The maximum absolute atomic E-state index is 11.6. The summed E-state index contributed by atoms with van der Waals surface area (Å²) in [4.78, 5) is 22.4. The lowest BCUT2D eigenvalue weighted by molar-refractivity contribution is -0.129. The van der Waals surface area contributed by atoms with Crippen LogP contribution in [0.25, 0.3) is 0 Å². The van der Waals surface area contributed by atoms with E-state index in [1.807, 2.05) is 18.2 Å². The van der Waals surface area contributed by atoms with E-state index in [0.29, 0.717) is 25.2 Å². The summed E-state index contributed by atoms with van der Waals surface area (Å²) in [6.45, 7) is 3.98. The van der Waals surface area contributed by atoms with Crippen LogP contribution in [0.1, 0.15) is 31.2 Å². The van der Waals surface area contributed by atoms with E-state index < -0.39 is 5.91 Å². The number of hydrazone groups is 1. The minimum absolute atomic E-state index is 0.182. The van der Waals surface area contributed by atoms with Crippen LogP contribution in [-0.2, 0) is 9.59 Å². The normalized spacial score (nSPS) is 10.3. The summed E-state index contributed by atoms with van der Waals surface area (Å²) in [5.41, 5.74) is 4.71. The molecular weight excluding hydrogens is 298 g/mol. The molecule has 0 heterocycles. The minimum atomic E-state index is -0.459.